The van der Waals surface area contributed by atoms with Crippen molar-refractivity contribution in [2.45, 2.75) is 19.9 Å². The normalized spacial score (nSPS) is 12.1. The Morgan fingerprint density at radius 2 is 2.33 bits per heavy atom. The Morgan fingerprint density at radius 1 is 1.61 bits per heavy atom. The van der Waals surface area contributed by atoms with E-state index in [2.05, 4.69) is 10.3 Å². The summed E-state index contributed by atoms with van der Waals surface area (Å²) in [6.07, 6.45) is 3.58. The summed E-state index contributed by atoms with van der Waals surface area (Å²) in [5.41, 5.74) is 5.65. The van der Waals surface area contributed by atoms with Crippen LogP contribution in [0.1, 0.15) is 23.8 Å². The third-order valence-electron chi connectivity index (χ3n) is 2.60. The number of hydrogen-bond acceptors (Lipinski definition) is 4. The number of aliphatic carboxylic acids is 1. The Balaban J connectivity index is 2.51. The van der Waals surface area contributed by atoms with E-state index in [1.165, 1.54) is 6.33 Å². The molecule has 0 saturated heterocycles. The van der Waals surface area contributed by atoms with Gasteiger partial charge in [0.25, 0.3) is 5.91 Å². The molecule has 100 valence electrons. The first-order chi connectivity index (χ1) is 8.58. The molecule has 1 unspecified atom stereocenters. The Morgan fingerprint density at radius 3 is 2.89 bits per heavy atom. The number of carbonyl (C=O) groups is 2. The summed E-state index contributed by atoms with van der Waals surface area (Å²) in [5.74, 6) is -1.85. The van der Waals surface area contributed by atoms with E-state index in [1.54, 1.807) is 17.7 Å². The lowest BCUT2D eigenvalue weighted by Gasteiger charge is -2.09. The van der Waals surface area contributed by atoms with Gasteiger partial charge in [-0.2, -0.15) is 0 Å². The summed E-state index contributed by atoms with van der Waals surface area (Å²) in [5, 5.41) is 11.4. The number of nitrogens with zero attached hydrogens (tertiary/aromatic N) is 2. The molecule has 1 amide bonds. The van der Waals surface area contributed by atoms with Crippen molar-refractivity contribution >= 4 is 11.9 Å². The highest BCUT2D eigenvalue weighted by Crippen LogP contribution is 2.02. The molecule has 0 aliphatic heterocycles. The van der Waals surface area contributed by atoms with Crippen LogP contribution >= 0.6 is 0 Å². The molecule has 1 heterocycles. The highest BCUT2D eigenvalue weighted by Gasteiger charge is 2.17. The minimum Gasteiger partial charge on any atom is -0.481 e. The Labute approximate surface area is 105 Å². The van der Waals surface area contributed by atoms with Crippen LogP contribution in [-0.4, -0.2) is 39.6 Å². The highest BCUT2D eigenvalue weighted by molar-refractivity contribution is 5.92. The van der Waals surface area contributed by atoms with E-state index in [4.69, 9.17) is 10.8 Å². The van der Waals surface area contributed by atoms with Crippen LogP contribution in [0.25, 0.3) is 0 Å². The van der Waals surface area contributed by atoms with E-state index in [0.717, 1.165) is 0 Å². The Hall–Kier alpha value is -1.89. The molecule has 1 aromatic rings. The van der Waals surface area contributed by atoms with E-state index in [9.17, 15) is 9.59 Å². The molecule has 0 saturated carbocycles. The topological polar surface area (TPSA) is 110 Å². The van der Waals surface area contributed by atoms with Crippen LogP contribution < -0.4 is 11.1 Å². The largest absolute Gasteiger partial charge is 0.481 e. The average Bonchev–Trinajstić information content (AvgIpc) is 2.78. The van der Waals surface area contributed by atoms with Gasteiger partial charge >= 0.3 is 5.97 Å². The van der Waals surface area contributed by atoms with E-state index >= 15 is 0 Å². The number of nitrogens with two attached hydrogens (primary N) is 1. The summed E-state index contributed by atoms with van der Waals surface area (Å²) >= 11 is 0. The lowest BCUT2D eigenvalue weighted by molar-refractivity contribution is -0.141. The zero-order chi connectivity index (χ0) is 13.5. The second kappa shape index (κ2) is 6.75. The number of nitrogens with one attached hydrogen (secondary N) is 1. The molecule has 0 spiro atoms. The fourth-order valence-corrected chi connectivity index (χ4v) is 1.46. The molecular formula is C11H18N4O3. The van der Waals surface area contributed by atoms with Crippen LogP contribution in [0.3, 0.4) is 0 Å². The van der Waals surface area contributed by atoms with Crippen LogP contribution in [0.2, 0.25) is 0 Å². The van der Waals surface area contributed by atoms with Gasteiger partial charge in [0, 0.05) is 25.8 Å². The van der Waals surface area contributed by atoms with Gasteiger partial charge in [0.2, 0.25) is 0 Å². The van der Waals surface area contributed by atoms with Gasteiger partial charge in [0.05, 0.1) is 12.2 Å². The molecule has 0 aliphatic carbocycles. The van der Waals surface area contributed by atoms with Gasteiger partial charge < -0.3 is 20.7 Å². The number of rotatable bonds is 7. The quantitative estimate of drug-likeness (QED) is 0.617. The summed E-state index contributed by atoms with van der Waals surface area (Å²) in [6.45, 7) is 2.93. The molecule has 0 aromatic carbocycles. The van der Waals surface area contributed by atoms with Gasteiger partial charge in [0.15, 0.2) is 0 Å². The molecule has 7 heteroatoms. The first kappa shape index (κ1) is 14.2. The number of amides is 1. The standard InChI is InChI=1S/C11H18N4O3/c1-2-8(11(17)18)5-13-10(16)9-6-15(4-3-12)7-14-9/h6-8H,2-5,12H2,1H3,(H,13,16)(H,17,18). The monoisotopic (exact) mass is 254 g/mol. The minimum atomic E-state index is -0.911. The number of carboxylic acids is 1. The number of carbonyl (C=O) groups excluding carboxylic acids is 1. The van der Waals surface area contributed by atoms with E-state index in [0.29, 0.717) is 19.5 Å². The van der Waals surface area contributed by atoms with Crippen molar-refractivity contribution in [2.24, 2.45) is 11.7 Å². The smallest absolute Gasteiger partial charge is 0.308 e. The maximum atomic E-state index is 11.7. The molecule has 1 rings (SSSR count). The first-order valence-corrected chi connectivity index (χ1v) is 5.81. The van der Waals surface area contributed by atoms with Crippen molar-refractivity contribution in [3.63, 3.8) is 0 Å². The number of carboxylic acid groups (broad SMARTS) is 1. The molecule has 18 heavy (non-hydrogen) atoms. The van der Waals surface area contributed by atoms with Gasteiger partial charge in [-0.1, -0.05) is 6.92 Å². The molecule has 0 aliphatic rings. The van der Waals surface area contributed by atoms with Crippen LogP contribution in [-0.2, 0) is 11.3 Å². The molecule has 1 aromatic heterocycles. The molecular weight excluding hydrogens is 236 g/mol. The van der Waals surface area contributed by atoms with Crippen molar-refractivity contribution < 1.29 is 14.7 Å². The fraction of sp³-hybridized carbons (Fsp3) is 0.545. The lowest BCUT2D eigenvalue weighted by Crippen LogP contribution is -2.32. The van der Waals surface area contributed by atoms with Gasteiger partial charge in [-0.3, -0.25) is 9.59 Å². The van der Waals surface area contributed by atoms with Crippen LogP contribution in [0.4, 0.5) is 0 Å². The number of imidazole rings is 1. The third kappa shape index (κ3) is 3.85. The predicted molar refractivity (Wildman–Crippen MR) is 65.0 cm³/mol. The maximum Gasteiger partial charge on any atom is 0.308 e. The molecule has 7 nitrogen and oxygen atoms in total. The van der Waals surface area contributed by atoms with Gasteiger partial charge in [-0.05, 0) is 6.42 Å². The molecule has 0 bridgehead atoms. The van der Waals surface area contributed by atoms with Crippen LogP contribution in [0, 0.1) is 5.92 Å². The van der Waals surface area contributed by atoms with Crippen molar-refractivity contribution in [1.29, 1.82) is 0 Å². The number of hydrogen-bond donors (Lipinski definition) is 3. The average molecular weight is 254 g/mol. The fourth-order valence-electron chi connectivity index (χ4n) is 1.46. The maximum absolute atomic E-state index is 11.7. The summed E-state index contributed by atoms with van der Waals surface area (Å²) < 4.78 is 1.71. The zero-order valence-corrected chi connectivity index (χ0v) is 10.3. The molecule has 4 N–H and O–H groups in total. The minimum absolute atomic E-state index is 0.106. The van der Waals surface area contributed by atoms with Crippen LogP contribution in [0.5, 0.6) is 0 Å². The second-order valence-electron chi connectivity index (χ2n) is 3.94. The van der Waals surface area contributed by atoms with Crippen molar-refractivity contribution in [1.82, 2.24) is 14.9 Å². The Bertz CT molecular complexity index is 416. The van der Waals surface area contributed by atoms with Crippen molar-refractivity contribution in [3.8, 4) is 0 Å². The predicted octanol–water partition coefficient (Wildman–Crippen LogP) is -0.318. The third-order valence-corrected chi connectivity index (χ3v) is 2.60. The van der Waals surface area contributed by atoms with Gasteiger partial charge in [-0.25, -0.2) is 4.98 Å². The summed E-state index contributed by atoms with van der Waals surface area (Å²) in [4.78, 5) is 26.4. The van der Waals surface area contributed by atoms with Crippen molar-refractivity contribution in [3.05, 3.63) is 18.2 Å². The van der Waals surface area contributed by atoms with Crippen molar-refractivity contribution in [2.75, 3.05) is 13.1 Å². The lowest BCUT2D eigenvalue weighted by atomic mass is 10.1. The van der Waals surface area contributed by atoms with E-state index < -0.39 is 11.9 Å². The number of aromatic nitrogens is 2. The second-order valence-corrected chi connectivity index (χ2v) is 3.94. The Kier molecular flexibility index (Phi) is 5.31. The van der Waals surface area contributed by atoms with E-state index in [1.807, 2.05) is 0 Å². The molecule has 0 fully saturated rings. The van der Waals surface area contributed by atoms with Gasteiger partial charge in [-0.15, -0.1) is 0 Å². The summed E-state index contributed by atoms with van der Waals surface area (Å²) in [6, 6.07) is 0. The van der Waals surface area contributed by atoms with Gasteiger partial charge in [0.1, 0.15) is 5.69 Å². The summed E-state index contributed by atoms with van der Waals surface area (Å²) in [7, 11) is 0. The molecule has 1 atom stereocenters. The van der Waals surface area contributed by atoms with E-state index in [-0.39, 0.29) is 18.1 Å². The zero-order valence-electron chi connectivity index (χ0n) is 10.3. The molecule has 0 radical (unpaired) electrons. The SMILES string of the molecule is CCC(CNC(=O)c1cn(CCN)cn1)C(=O)O. The first-order valence-electron chi connectivity index (χ1n) is 5.81. The highest BCUT2D eigenvalue weighted by atomic mass is 16.4. The van der Waals surface area contributed by atoms with Crippen LogP contribution in [0.15, 0.2) is 12.5 Å².